The molecule has 6 nitrogen and oxygen atoms in total. The van der Waals surface area contributed by atoms with Crippen LogP contribution in [0.5, 0.6) is 0 Å². The zero-order valence-electron chi connectivity index (χ0n) is 16.2. The van der Waals surface area contributed by atoms with Gasteiger partial charge in [0.15, 0.2) is 5.76 Å². The minimum atomic E-state index is -0.470. The van der Waals surface area contributed by atoms with Crippen molar-refractivity contribution in [3.05, 3.63) is 34.2 Å². The molecular formula is C20H30N2O4S. The molecule has 0 unspecified atom stereocenters. The average Bonchev–Trinajstić information content (AvgIpc) is 3.21. The van der Waals surface area contributed by atoms with E-state index >= 15 is 0 Å². The van der Waals surface area contributed by atoms with Crippen LogP contribution >= 0.6 is 11.3 Å². The standard InChI is InChI=1S/C20H30N2O4S/c1-3-25-20-16(5-4-11-23)17(15-6-12-27-14-15)13-18(26-20)19(24)22-9-7-21(2)8-10-22/h6,12-14,16-17,20,23H,3-5,7-11H2,1-2H3/t16-,17-,20-/m1/s1. The van der Waals surface area contributed by atoms with Crippen molar-refractivity contribution in [2.24, 2.45) is 5.92 Å². The fourth-order valence-corrected chi connectivity index (χ4v) is 4.47. The molecule has 1 fully saturated rings. The molecule has 0 bridgehead atoms. The Morgan fingerprint density at radius 3 is 2.78 bits per heavy atom. The lowest BCUT2D eigenvalue weighted by atomic mass is 9.81. The van der Waals surface area contributed by atoms with Crippen LogP contribution in [0.4, 0.5) is 0 Å². The summed E-state index contributed by atoms with van der Waals surface area (Å²) in [6.45, 7) is 5.78. The Labute approximate surface area is 165 Å². The van der Waals surface area contributed by atoms with Crippen LogP contribution in [0.1, 0.15) is 31.2 Å². The predicted octanol–water partition coefficient (Wildman–Crippen LogP) is 2.27. The van der Waals surface area contributed by atoms with E-state index < -0.39 is 6.29 Å². The molecule has 0 aliphatic carbocycles. The first-order valence-corrected chi connectivity index (χ1v) is 10.7. The van der Waals surface area contributed by atoms with Crippen LogP contribution < -0.4 is 0 Å². The van der Waals surface area contributed by atoms with Gasteiger partial charge in [0.05, 0.1) is 0 Å². The van der Waals surface area contributed by atoms with Crippen molar-refractivity contribution in [1.82, 2.24) is 9.80 Å². The lowest BCUT2D eigenvalue weighted by Gasteiger charge is -2.39. The summed E-state index contributed by atoms with van der Waals surface area (Å²) in [6, 6.07) is 2.10. The highest BCUT2D eigenvalue weighted by molar-refractivity contribution is 7.08. The number of hydrogen-bond donors (Lipinski definition) is 1. The van der Waals surface area contributed by atoms with Gasteiger partial charge in [-0.3, -0.25) is 4.79 Å². The summed E-state index contributed by atoms with van der Waals surface area (Å²) in [4.78, 5) is 17.2. The Kier molecular flexibility index (Phi) is 7.29. The minimum absolute atomic E-state index is 0.0476. The summed E-state index contributed by atoms with van der Waals surface area (Å²) in [7, 11) is 2.07. The summed E-state index contributed by atoms with van der Waals surface area (Å²) in [5.41, 5.74) is 1.18. The van der Waals surface area contributed by atoms with E-state index in [2.05, 4.69) is 28.8 Å². The molecule has 0 aromatic carbocycles. The zero-order chi connectivity index (χ0) is 19.2. The lowest BCUT2D eigenvalue weighted by Crippen LogP contribution is -2.49. The Morgan fingerprint density at radius 2 is 2.15 bits per heavy atom. The molecule has 3 rings (SSSR count). The third-order valence-electron chi connectivity index (χ3n) is 5.34. The molecule has 0 radical (unpaired) electrons. The number of piperazine rings is 1. The number of rotatable bonds is 7. The molecular weight excluding hydrogens is 364 g/mol. The fraction of sp³-hybridized carbons (Fsp3) is 0.650. The fourth-order valence-electron chi connectivity index (χ4n) is 3.77. The summed E-state index contributed by atoms with van der Waals surface area (Å²) < 4.78 is 11.9. The molecule has 3 atom stereocenters. The van der Waals surface area contributed by atoms with Crippen LogP contribution in [0.15, 0.2) is 28.7 Å². The molecule has 3 heterocycles. The van der Waals surface area contributed by atoms with Crippen molar-refractivity contribution in [2.45, 2.75) is 32.0 Å². The second kappa shape index (κ2) is 9.68. The van der Waals surface area contributed by atoms with E-state index in [1.807, 2.05) is 17.9 Å². The summed E-state index contributed by atoms with van der Waals surface area (Å²) >= 11 is 1.65. The third-order valence-corrected chi connectivity index (χ3v) is 6.04. The molecule has 1 N–H and O–H groups in total. The monoisotopic (exact) mass is 394 g/mol. The number of nitrogens with zero attached hydrogens (tertiary/aromatic N) is 2. The molecule has 150 valence electrons. The Morgan fingerprint density at radius 1 is 1.37 bits per heavy atom. The first-order valence-electron chi connectivity index (χ1n) is 9.75. The van der Waals surface area contributed by atoms with Crippen molar-refractivity contribution in [2.75, 3.05) is 46.4 Å². The van der Waals surface area contributed by atoms with Gasteiger partial charge in [0.1, 0.15) is 0 Å². The topological polar surface area (TPSA) is 62.2 Å². The van der Waals surface area contributed by atoms with Crippen molar-refractivity contribution in [3.63, 3.8) is 0 Å². The van der Waals surface area contributed by atoms with Gasteiger partial charge in [-0.1, -0.05) is 0 Å². The molecule has 7 heteroatoms. The Bertz CT molecular complexity index is 626. The third kappa shape index (κ3) is 4.90. The number of likely N-dealkylation sites (N-methyl/N-ethyl adjacent to an activating group) is 1. The van der Waals surface area contributed by atoms with E-state index in [0.717, 1.165) is 19.5 Å². The van der Waals surface area contributed by atoms with E-state index in [4.69, 9.17) is 9.47 Å². The van der Waals surface area contributed by atoms with Crippen molar-refractivity contribution in [3.8, 4) is 0 Å². The van der Waals surface area contributed by atoms with Crippen LogP contribution in [0.25, 0.3) is 0 Å². The second-order valence-corrected chi connectivity index (χ2v) is 7.96. The Balaban J connectivity index is 1.85. The maximum absolute atomic E-state index is 13.1. The molecule has 2 aliphatic heterocycles. The molecule has 27 heavy (non-hydrogen) atoms. The quantitative estimate of drug-likeness (QED) is 0.769. The number of aliphatic hydroxyl groups is 1. The van der Waals surface area contributed by atoms with E-state index in [9.17, 15) is 9.90 Å². The van der Waals surface area contributed by atoms with E-state index in [0.29, 0.717) is 31.9 Å². The molecule has 0 spiro atoms. The molecule has 1 aromatic rings. The van der Waals surface area contributed by atoms with Gasteiger partial charge < -0.3 is 24.4 Å². The average molecular weight is 395 g/mol. The van der Waals surface area contributed by atoms with Gasteiger partial charge in [0.2, 0.25) is 6.29 Å². The highest BCUT2D eigenvalue weighted by Gasteiger charge is 2.39. The second-order valence-electron chi connectivity index (χ2n) is 7.18. The molecule has 2 aliphatic rings. The maximum Gasteiger partial charge on any atom is 0.288 e. The first kappa shape index (κ1) is 20.3. The number of carbonyl (C=O) groups excluding carboxylic acids is 1. The minimum Gasteiger partial charge on any atom is -0.459 e. The Hall–Kier alpha value is -1.41. The van der Waals surface area contributed by atoms with E-state index in [1.54, 1.807) is 11.3 Å². The van der Waals surface area contributed by atoms with Gasteiger partial charge in [-0.05, 0) is 55.3 Å². The summed E-state index contributed by atoms with van der Waals surface area (Å²) in [5.74, 6) is 0.485. The van der Waals surface area contributed by atoms with E-state index in [1.165, 1.54) is 5.56 Å². The normalized spacial score (nSPS) is 26.6. The highest BCUT2D eigenvalue weighted by atomic mass is 32.1. The molecule has 1 aromatic heterocycles. The lowest BCUT2D eigenvalue weighted by molar-refractivity contribution is -0.170. The van der Waals surface area contributed by atoms with Crippen LogP contribution in [0, 0.1) is 5.92 Å². The van der Waals surface area contributed by atoms with Crippen LogP contribution in [0.2, 0.25) is 0 Å². The van der Waals surface area contributed by atoms with Crippen molar-refractivity contribution >= 4 is 17.2 Å². The first-order chi connectivity index (χ1) is 13.1. The van der Waals surface area contributed by atoms with Gasteiger partial charge in [-0.2, -0.15) is 11.3 Å². The van der Waals surface area contributed by atoms with E-state index in [-0.39, 0.29) is 24.3 Å². The molecule has 1 amide bonds. The van der Waals surface area contributed by atoms with Crippen LogP contribution in [-0.4, -0.2) is 73.5 Å². The predicted molar refractivity (Wildman–Crippen MR) is 106 cm³/mol. The molecule has 0 saturated carbocycles. The highest BCUT2D eigenvalue weighted by Crippen LogP contribution is 2.40. The number of allylic oxidation sites excluding steroid dienone is 1. The van der Waals surface area contributed by atoms with Crippen LogP contribution in [0.3, 0.4) is 0 Å². The number of amides is 1. The number of thiophene rings is 1. The number of carbonyl (C=O) groups is 1. The largest absolute Gasteiger partial charge is 0.459 e. The van der Waals surface area contributed by atoms with Crippen molar-refractivity contribution in [1.29, 1.82) is 0 Å². The maximum atomic E-state index is 13.1. The number of hydrogen-bond acceptors (Lipinski definition) is 6. The van der Waals surface area contributed by atoms with Gasteiger partial charge in [0.25, 0.3) is 5.91 Å². The van der Waals surface area contributed by atoms with Gasteiger partial charge in [-0.25, -0.2) is 0 Å². The van der Waals surface area contributed by atoms with Crippen LogP contribution in [-0.2, 0) is 14.3 Å². The van der Waals surface area contributed by atoms with Gasteiger partial charge in [0, 0.05) is 51.2 Å². The smallest absolute Gasteiger partial charge is 0.288 e. The molecule has 1 saturated heterocycles. The van der Waals surface area contributed by atoms with Gasteiger partial charge in [-0.15, -0.1) is 0 Å². The van der Waals surface area contributed by atoms with Crippen molar-refractivity contribution < 1.29 is 19.4 Å². The zero-order valence-corrected chi connectivity index (χ0v) is 17.0. The summed E-state index contributed by atoms with van der Waals surface area (Å²) in [6.07, 6.45) is 2.98. The summed E-state index contributed by atoms with van der Waals surface area (Å²) in [5, 5.41) is 13.5. The number of ether oxygens (including phenoxy) is 2. The number of aliphatic hydroxyl groups excluding tert-OH is 1. The van der Waals surface area contributed by atoms with Gasteiger partial charge >= 0.3 is 0 Å². The SMILES string of the molecule is CCO[C@@H]1OC(C(=O)N2CCN(C)CC2)=C[C@H](c2ccsc2)[C@H]1CCCO.